The average molecular weight is 329 g/mol. The molecule has 4 nitrogen and oxygen atoms in total. The molecule has 4 heteroatoms. The molecular weight excluding hydrogens is 302 g/mol. The van der Waals surface area contributed by atoms with Gasteiger partial charge < -0.3 is 9.84 Å². The standard InChI is InChI=1S/C20H27NO3/c1-19(2)14-11-16(19)20(3,23)17(12-14)21-15(18(22)24-4)10-13-8-6-5-7-9-13/h5-9,14-16,23H,10-12H2,1-4H3/t14-,15+,16-,20-/m0/s1. The van der Waals surface area contributed by atoms with Crippen molar-refractivity contribution in [3.05, 3.63) is 35.9 Å². The summed E-state index contributed by atoms with van der Waals surface area (Å²) in [5.41, 5.74) is 0.997. The second-order valence-corrected chi connectivity index (χ2v) is 7.96. The Morgan fingerprint density at radius 2 is 2.00 bits per heavy atom. The van der Waals surface area contributed by atoms with Crippen LogP contribution in [0, 0.1) is 17.3 Å². The van der Waals surface area contributed by atoms with E-state index in [4.69, 9.17) is 9.73 Å². The molecule has 3 aliphatic rings. The molecule has 3 aliphatic carbocycles. The van der Waals surface area contributed by atoms with E-state index in [1.807, 2.05) is 37.3 Å². The molecule has 2 bridgehead atoms. The van der Waals surface area contributed by atoms with Gasteiger partial charge in [0.15, 0.2) is 6.04 Å². The fourth-order valence-corrected chi connectivity index (χ4v) is 4.48. The quantitative estimate of drug-likeness (QED) is 0.864. The SMILES string of the molecule is COC(=O)[C@@H](Cc1ccccc1)N=C1C[C@@H]2C[C@@H](C2(C)C)[C@]1(C)O. The fourth-order valence-electron chi connectivity index (χ4n) is 4.48. The minimum Gasteiger partial charge on any atom is -0.467 e. The molecule has 0 radical (unpaired) electrons. The summed E-state index contributed by atoms with van der Waals surface area (Å²) in [5.74, 6) is 0.398. The van der Waals surface area contributed by atoms with E-state index in [0.717, 1.165) is 24.1 Å². The molecule has 0 unspecified atom stereocenters. The predicted octanol–water partition coefficient (Wildman–Crippen LogP) is 3.03. The summed E-state index contributed by atoms with van der Waals surface area (Å²) in [7, 11) is 1.39. The van der Waals surface area contributed by atoms with E-state index in [1.54, 1.807) is 0 Å². The smallest absolute Gasteiger partial charge is 0.330 e. The largest absolute Gasteiger partial charge is 0.467 e. The molecule has 1 aromatic carbocycles. The Bertz CT molecular complexity index is 648. The highest BCUT2D eigenvalue weighted by molar-refractivity contribution is 5.96. The maximum Gasteiger partial charge on any atom is 0.330 e. The third-order valence-electron chi connectivity index (χ3n) is 6.23. The number of carbonyl (C=O) groups excluding carboxylic acids is 1. The van der Waals surface area contributed by atoms with Crippen molar-refractivity contribution in [2.24, 2.45) is 22.2 Å². The third-order valence-corrected chi connectivity index (χ3v) is 6.23. The topological polar surface area (TPSA) is 58.9 Å². The van der Waals surface area contributed by atoms with Gasteiger partial charge in [-0.15, -0.1) is 0 Å². The zero-order chi connectivity index (χ0) is 17.5. The Morgan fingerprint density at radius 1 is 1.33 bits per heavy atom. The van der Waals surface area contributed by atoms with Crippen LogP contribution in [-0.4, -0.2) is 35.5 Å². The monoisotopic (exact) mass is 329 g/mol. The second kappa shape index (κ2) is 5.99. The Balaban J connectivity index is 1.87. The van der Waals surface area contributed by atoms with Crippen LogP contribution in [0.3, 0.4) is 0 Å². The second-order valence-electron chi connectivity index (χ2n) is 7.96. The number of esters is 1. The van der Waals surface area contributed by atoms with Gasteiger partial charge in [0.05, 0.1) is 7.11 Å². The first-order valence-electron chi connectivity index (χ1n) is 8.68. The van der Waals surface area contributed by atoms with Crippen molar-refractivity contribution in [3.63, 3.8) is 0 Å². The van der Waals surface area contributed by atoms with Crippen LogP contribution in [0.15, 0.2) is 35.3 Å². The van der Waals surface area contributed by atoms with Crippen LogP contribution in [0.5, 0.6) is 0 Å². The van der Waals surface area contributed by atoms with Crippen LogP contribution >= 0.6 is 0 Å². The molecule has 0 heterocycles. The van der Waals surface area contributed by atoms with Gasteiger partial charge in [0.1, 0.15) is 5.60 Å². The number of methoxy groups -OCH3 is 1. The van der Waals surface area contributed by atoms with Gasteiger partial charge in [0, 0.05) is 12.1 Å². The minimum atomic E-state index is -0.943. The Morgan fingerprint density at radius 3 is 2.54 bits per heavy atom. The molecule has 0 spiro atoms. The van der Waals surface area contributed by atoms with Crippen LogP contribution < -0.4 is 0 Å². The number of nitrogens with zero attached hydrogens (tertiary/aromatic N) is 1. The number of fused-ring (bicyclic) bond motifs is 2. The number of benzene rings is 1. The van der Waals surface area contributed by atoms with Crippen LogP contribution in [0.2, 0.25) is 0 Å². The van der Waals surface area contributed by atoms with Gasteiger partial charge in [-0.05, 0) is 42.6 Å². The van der Waals surface area contributed by atoms with Crippen molar-refractivity contribution in [2.75, 3.05) is 7.11 Å². The molecule has 0 aliphatic heterocycles. The number of carbonyl (C=O) groups is 1. The van der Waals surface area contributed by atoms with E-state index >= 15 is 0 Å². The summed E-state index contributed by atoms with van der Waals surface area (Å²) < 4.78 is 4.95. The molecule has 4 rings (SSSR count). The molecule has 0 saturated heterocycles. The number of hydrogen-bond acceptors (Lipinski definition) is 4. The lowest BCUT2D eigenvalue weighted by atomic mass is 9.44. The van der Waals surface area contributed by atoms with Crippen molar-refractivity contribution in [3.8, 4) is 0 Å². The maximum atomic E-state index is 12.2. The molecule has 24 heavy (non-hydrogen) atoms. The Labute approximate surface area is 143 Å². The molecule has 4 atom stereocenters. The summed E-state index contributed by atoms with van der Waals surface area (Å²) in [5, 5.41) is 11.1. The molecule has 1 N–H and O–H groups in total. The maximum absolute atomic E-state index is 12.2. The molecule has 0 aromatic heterocycles. The van der Waals surface area contributed by atoms with E-state index in [2.05, 4.69) is 13.8 Å². The van der Waals surface area contributed by atoms with Crippen LogP contribution in [0.25, 0.3) is 0 Å². The van der Waals surface area contributed by atoms with Crippen molar-refractivity contribution >= 4 is 11.7 Å². The van der Waals surface area contributed by atoms with Gasteiger partial charge in [0.25, 0.3) is 0 Å². The number of rotatable bonds is 4. The van der Waals surface area contributed by atoms with E-state index < -0.39 is 11.6 Å². The van der Waals surface area contributed by atoms with Crippen LogP contribution in [0.1, 0.15) is 39.2 Å². The van der Waals surface area contributed by atoms with Crippen LogP contribution in [-0.2, 0) is 16.0 Å². The van der Waals surface area contributed by atoms with Gasteiger partial charge in [-0.2, -0.15) is 0 Å². The summed E-state index contributed by atoms with van der Waals surface area (Å²) >= 11 is 0. The summed E-state index contributed by atoms with van der Waals surface area (Å²) in [6.45, 7) is 6.29. The van der Waals surface area contributed by atoms with Crippen LogP contribution in [0.4, 0.5) is 0 Å². The lowest BCUT2D eigenvalue weighted by molar-refractivity contribution is -0.142. The highest BCUT2D eigenvalue weighted by atomic mass is 16.5. The van der Waals surface area contributed by atoms with Gasteiger partial charge in [-0.25, -0.2) is 4.79 Å². The van der Waals surface area contributed by atoms with E-state index in [-0.39, 0.29) is 17.3 Å². The number of aliphatic imine (C=N–C) groups is 1. The van der Waals surface area contributed by atoms with Gasteiger partial charge >= 0.3 is 5.97 Å². The predicted molar refractivity (Wildman–Crippen MR) is 94.0 cm³/mol. The lowest BCUT2D eigenvalue weighted by Crippen LogP contribution is -2.65. The first-order valence-corrected chi connectivity index (χ1v) is 8.68. The normalized spacial score (nSPS) is 33.6. The molecule has 0 amide bonds. The first-order chi connectivity index (χ1) is 11.3. The van der Waals surface area contributed by atoms with Gasteiger partial charge in [0.2, 0.25) is 0 Å². The summed E-state index contributed by atoms with van der Waals surface area (Å²) in [6.07, 6.45) is 2.30. The van der Waals surface area contributed by atoms with Crippen molar-refractivity contribution in [1.29, 1.82) is 0 Å². The Kier molecular flexibility index (Phi) is 4.28. The fraction of sp³-hybridized carbons (Fsp3) is 0.600. The minimum absolute atomic E-state index is 0.142. The lowest BCUT2D eigenvalue weighted by Gasteiger charge is -2.62. The molecule has 1 aromatic rings. The van der Waals surface area contributed by atoms with Gasteiger partial charge in [-0.1, -0.05) is 44.2 Å². The van der Waals surface area contributed by atoms with Gasteiger partial charge in [-0.3, -0.25) is 4.99 Å². The van der Waals surface area contributed by atoms with Crippen molar-refractivity contribution in [2.45, 2.75) is 51.7 Å². The van der Waals surface area contributed by atoms with Crippen molar-refractivity contribution < 1.29 is 14.6 Å². The van der Waals surface area contributed by atoms with E-state index in [1.165, 1.54) is 7.11 Å². The highest BCUT2D eigenvalue weighted by Crippen LogP contribution is 2.61. The first kappa shape index (κ1) is 17.2. The summed E-state index contributed by atoms with van der Waals surface area (Å²) in [4.78, 5) is 16.9. The Hall–Kier alpha value is -1.68. The zero-order valence-corrected chi connectivity index (χ0v) is 15.0. The average Bonchev–Trinajstić information content (AvgIpc) is 2.55. The molecule has 3 saturated carbocycles. The zero-order valence-electron chi connectivity index (χ0n) is 15.0. The molecule has 130 valence electrons. The highest BCUT2D eigenvalue weighted by Gasteiger charge is 2.61. The number of ether oxygens (including phenoxy) is 1. The summed E-state index contributed by atoms with van der Waals surface area (Å²) in [6, 6.07) is 9.21. The third kappa shape index (κ3) is 2.77. The van der Waals surface area contributed by atoms with E-state index in [9.17, 15) is 9.90 Å². The molecular formula is C20H27NO3. The number of aliphatic hydroxyl groups is 1. The molecule has 3 fully saturated rings. The number of hydrogen-bond donors (Lipinski definition) is 1. The van der Waals surface area contributed by atoms with E-state index in [0.29, 0.717) is 12.3 Å². The van der Waals surface area contributed by atoms with Crippen molar-refractivity contribution in [1.82, 2.24) is 0 Å².